The summed E-state index contributed by atoms with van der Waals surface area (Å²) in [6.07, 6.45) is 3.62. The molecule has 1 aliphatic heterocycles. The molecular formula is C14H18N4O2. The SMILES string of the molecule is NC(=O)C1CCCN(c2nc3ccccn3c2CO)C1. The molecule has 1 amide bonds. The van der Waals surface area contributed by atoms with Crippen LogP contribution in [0.15, 0.2) is 24.4 Å². The van der Waals surface area contributed by atoms with E-state index in [1.807, 2.05) is 28.8 Å². The van der Waals surface area contributed by atoms with Crippen LogP contribution in [0.4, 0.5) is 5.82 Å². The fraction of sp³-hybridized carbons (Fsp3) is 0.429. The molecule has 1 atom stereocenters. The Morgan fingerprint density at radius 1 is 1.50 bits per heavy atom. The molecule has 0 spiro atoms. The number of carbonyl (C=O) groups excluding carboxylic acids is 1. The third-order valence-electron chi connectivity index (χ3n) is 3.88. The molecule has 1 saturated heterocycles. The van der Waals surface area contributed by atoms with E-state index in [9.17, 15) is 9.90 Å². The van der Waals surface area contributed by atoms with Crippen LogP contribution in [0.5, 0.6) is 0 Å². The molecule has 3 rings (SSSR count). The van der Waals surface area contributed by atoms with Crippen molar-refractivity contribution in [2.75, 3.05) is 18.0 Å². The van der Waals surface area contributed by atoms with Gasteiger partial charge < -0.3 is 15.7 Å². The maximum Gasteiger partial charge on any atom is 0.222 e. The predicted molar refractivity (Wildman–Crippen MR) is 75.2 cm³/mol. The summed E-state index contributed by atoms with van der Waals surface area (Å²) in [7, 11) is 0. The highest BCUT2D eigenvalue weighted by Gasteiger charge is 2.27. The second-order valence-corrected chi connectivity index (χ2v) is 5.16. The molecule has 2 aromatic rings. The zero-order valence-electron chi connectivity index (χ0n) is 11.2. The summed E-state index contributed by atoms with van der Waals surface area (Å²) >= 11 is 0. The van der Waals surface area contributed by atoms with Gasteiger partial charge in [-0.25, -0.2) is 4.98 Å². The van der Waals surface area contributed by atoms with E-state index in [-0.39, 0.29) is 18.4 Å². The fourth-order valence-corrected chi connectivity index (χ4v) is 2.84. The van der Waals surface area contributed by atoms with Gasteiger partial charge in [0.25, 0.3) is 0 Å². The number of aromatic nitrogens is 2. The van der Waals surface area contributed by atoms with Crippen LogP contribution >= 0.6 is 0 Å². The van der Waals surface area contributed by atoms with Gasteiger partial charge in [0.1, 0.15) is 5.65 Å². The summed E-state index contributed by atoms with van der Waals surface area (Å²) < 4.78 is 1.88. The number of aliphatic hydroxyl groups excluding tert-OH is 1. The van der Waals surface area contributed by atoms with E-state index in [1.54, 1.807) is 0 Å². The number of nitrogens with zero attached hydrogens (tertiary/aromatic N) is 3. The Morgan fingerprint density at radius 3 is 3.10 bits per heavy atom. The average molecular weight is 274 g/mol. The first-order chi connectivity index (χ1) is 9.70. The van der Waals surface area contributed by atoms with Crippen molar-refractivity contribution in [3.8, 4) is 0 Å². The van der Waals surface area contributed by atoms with E-state index < -0.39 is 0 Å². The van der Waals surface area contributed by atoms with Crippen LogP contribution in [0, 0.1) is 5.92 Å². The molecule has 1 unspecified atom stereocenters. The molecule has 106 valence electrons. The first-order valence-electron chi connectivity index (χ1n) is 6.82. The van der Waals surface area contributed by atoms with E-state index >= 15 is 0 Å². The van der Waals surface area contributed by atoms with E-state index in [0.717, 1.165) is 36.5 Å². The second-order valence-electron chi connectivity index (χ2n) is 5.16. The molecule has 6 nitrogen and oxygen atoms in total. The number of anilines is 1. The Bertz CT molecular complexity index is 637. The number of rotatable bonds is 3. The minimum absolute atomic E-state index is 0.0851. The van der Waals surface area contributed by atoms with Crippen LogP contribution in [0.3, 0.4) is 0 Å². The maximum absolute atomic E-state index is 11.4. The average Bonchev–Trinajstić information content (AvgIpc) is 2.86. The summed E-state index contributed by atoms with van der Waals surface area (Å²) in [5, 5.41) is 9.63. The number of primary amides is 1. The quantitative estimate of drug-likeness (QED) is 0.855. The molecule has 2 aromatic heterocycles. The van der Waals surface area contributed by atoms with Crippen molar-refractivity contribution in [2.45, 2.75) is 19.4 Å². The van der Waals surface area contributed by atoms with Crippen molar-refractivity contribution >= 4 is 17.4 Å². The van der Waals surface area contributed by atoms with Crippen molar-refractivity contribution in [2.24, 2.45) is 11.7 Å². The number of aliphatic hydroxyl groups is 1. The summed E-state index contributed by atoms with van der Waals surface area (Å²) in [6.45, 7) is 1.32. The third kappa shape index (κ3) is 2.12. The predicted octanol–water partition coefficient (Wildman–Crippen LogP) is 0.528. The third-order valence-corrected chi connectivity index (χ3v) is 3.88. The maximum atomic E-state index is 11.4. The number of hydrogen-bond acceptors (Lipinski definition) is 4. The number of fused-ring (bicyclic) bond motifs is 1. The fourth-order valence-electron chi connectivity index (χ4n) is 2.84. The van der Waals surface area contributed by atoms with Gasteiger partial charge in [-0.15, -0.1) is 0 Å². The standard InChI is InChI=1S/C14H18N4O2/c15-13(20)10-4-3-6-17(8-10)14-11(9-19)18-7-2-1-5-12(18)16-14/h1-2,5,7,10,19H,3-4,6,8-9H2,(H2,15,20). The minimum Gasteiger partial charge on any atom is -0.390 e. The van der Waals surface area contributed by atoms with Gasteiger partial charge in [0.2, 0.25) is 5.91 Å². The van der Waals surface area contributed by atoms with Crippen LogP contribution < -0.4 is 10.6 Å². The molecule has 0 radical (unpaired) electrons. The Hall–Kier alpha value is -2.08. The summed E-state index contributed by atoms with van der Waals surface area (Å²) in [5.41, 5.74) is 6.97. The first-order valence-corrected chi connectivity index (χ1v) is 6.82. The normalized spacial score (nSPS) is 19.4. The Balaban J connectivity index is 1.98. The number of piperidine rings is 1. The van der Waals surface area contributed by atoms with Crippen LogP contribution in [0.2, 0.25) is 0 Å². The highest BCUT2D eigenvalue weighted by Crippen LogP contribution is 2.26. The molecule has 0 saturated carbocycles. The molecule has 20 heavy (non-hydrogen) atoms. The molecule has 0 bridgehead atoms. The molecule has 3 heterocycles. The number of pyridine rings is 1. The lowest BCUT2D eigenvalue weighted by molar-refractivity contribution is -0.122. The van der Waals surface area contributed by atoms with Gasteiger partial charge in [0.05, 0.1) is 18.2 Å². The summed E-state index contributed by atoms with van der Waals surface area (Å²) in [5.74, 6) is 0.355. The smallest absolute Gasteiger partial charge is 0.222 e. The molecular weight excluding hydrogens is 256 g/mol. The number of nitrogens with two attached hydrogens (primary N) is 1. The zero-order valence-corrected chi connectivity index (χ0v) is 11.2. The van der Waals surface area contributed by atoms with E-state index in [2.05, 4.69) is 9.88 Å². The largest absolute Gasteiger partial charge is 0.390 e. The van der Waals surface area contributed by atoms with Gasteiger partial charge in [-0.3, -0.25) is 9.20 Å². The van der Waals surface area contributed by atoms with E-state index in [4.69, 9.17) is 5.73 Å². The lowest BCUT2D eigenvalue weighted by Gasteiger charge is -2.31. The molecule has 1 aliphatic rings. The molecule has 3 N–H and O–H groups in total. The lowest BCUT2D eigenvalue weighted by atomic mass is 9.97. The van der Waals surface area contributed by atoms with Crippen LogP contribution in [-0.2, 0) is 11.4 Å². The van der Waals surface area contributed by atoms with Crippen LogP contribution in [-0.4, -0.2) is 33.5 Å². The van der Waals surface area contributed by atoms with E-state index in [0.29, 0.717) is 6.54 Å². The van der Waals surface area contributed by atoms with Crippen molar-refractivity contribution in [1.82, 2.24) is 9.38 Å². The van der Waals surface area contributed by atoms with Gasteiger partial charge in [-0.2, -0.15) is 0 Å². The van der Waals surface area contributed by atoms with Crippen molar-refractivity contribution in [3.05, 3.63) is 30.1 Å². The number of amides is 1. The van der Waals surface area contributed by atoms with Crippen molar-refractivity contribution < 1.29 is 9.90 Å². The highest BCUT2D eigenvalue weighted by molar-refractivity contribution is 5.77. The Labute approximate surface area is 116 Å². The number of hydrogen-bond donors (Lipinski definition) is 2. The van der Waals surface area contributed by atoms with Gasteiger partial charge in [-0.05, 0) is 25.0 Å². The molecule has 1 fully saturated rings. The number of carbonyl (C=O) groups is 1. The minimum atomic E-state index is -0.260. The Kier molecular flexibility index (Phi) is 3.31. The molecule has 0 aliphatic carbocycles. The van der Waals surface area contributed by atoms with Crippen LogP contribution in [0.1, 0.15) is 18.5 Å². The lowest BCUT2D eigenvalue weighted by Crippen LogP contribution is -2.41. The summed E-state index contributed by atoms with van der Waals surface area (Å²) in [6, 6.07) is 5.72. The number of imidazole rings is 1. The van der Waals surface area contributed by atoms with E-state index in [1.165, 1.54) is 0 Å². The second kappa shape index (κ2) is 5.13. The van der Waals surface area contributed by atoms with Gasteiger partial charge in [-0.1, -0.05) is 6.07 Å². The first kappa shape index (κ1) is 12.9. The Morgan fingerprint density at radius 2 is 2.35 bits per heavy atom. The van der Waals surface area contributed by atoms with Crippen molar-refractivity contribution in [1.29, 1.82) is 0 Å². The van der Waals surface area contributed by atoms with Gasteiger partial charge in [0.15, 0.2) is 5.82 Å². The van der Waals surface area contributed by atoms with Crippen molar-refractivity contribution in [3.63, 3.8) is 0 Å². The highest BCUT2D eigenvalue weighted by atomic mass is 16.3. The zero-order chi connectivity index (χ0) is 14.1. The topological polar surface area (TPSA) is 83.9 Å². The van der Waals surface area contributed by atoms with Gasteiger partial charge in [0, 0.05) is 19.3 Å². The monoisotopic (exact) mass is 274 g/mol. The van der Waals surface area contributed by atoms with Gasteiger partial charge >= 0.3 is 0 Å². The van der Waals surface area contributed by atoms with Crippen LogP contribution in [0.25, 0.3) is 5.65 Å². The molecule has 0 aromatic carbocycles. The summed E-state index contributed by atoms with van der Waals surface area (Å²) in [4.78, 5) is 18.0. The molecule has 6 heteroatoms.